The van der Waals surface area contributed by atoms with Crippen LogP contribution in [-0.4, -0.2) is 22.7 Å². The molecule has 0 aliphatic carbocycles. The zero-order valence-corrected chi connectivity index (χ0v) is 10.2. The van der Waals surface area contributed by atoms with E-state index in [4.69, 9.17) is 5.73 Å². The first-order valence-electron chi connectivity index (χ1n) is 5.76. The number of amides is 1. The third-order valence-corrected chi connectivity index (χ3v) is 2.85. The van der Waals surface area contributed by atoms with Crippen LogP contribution in [0, 0.1) is 5.41 Å². The number of nitrogens with one attached hydrogen (secondary N) is 1. The molecule has 0 saturated heterocycles. The van der Waals surface area contributed by atoms with Gasteiger partial charge in [-0.15, -0.1) is 0 Å². The molecule has 1 amide bonds. The van der Waals surface area contributed by atoms with Crippen LogP contribution in [0.4, 0.5) is 0 Å². The van der Waals surface area contributed by atoms with Crippen molar-refractivity contribution in [3.63, 3.8) is 0 Å². The molecule has 6 nitrogen and oxygen atoms in total. The van der Waals surface area contributed by atoms with E-state index in [9.17, 15) is 14.7 Å². The van der Waals surface area contributed by atoms with Crippen molar-refractivity contribution in [2.75, 3.05) is 0 Å². The highest BCUT2D eigenvalue weighted by Crippen LogP contribution is 2.28. The fraction of sp³-hybridized carbons (Fsp3) is 0.417. The first-order chi connectivity index (χ1) is 8.55. The Morgan fingerprint density at radius 3 is 2.78 bits per heavy atom. The number of rotatable bonds is 6. The van der Waals surface area contributed by atoms with Crippen molar-refractivity contribution in [1.82, 2.24) is 5.43 Å². The number of hydrogen-bond acceptors (Lipinski definition) is 4. The summed E-state index contributed by atoms with van der Waals surface area (Å²) in [5, 5.41) is 13.3. The Kier molecular flexibility index (Phi) is 4.65. The molecule has 1 unspecified atom stereocenters. The molecule has 0 fully saturated rings. The van der Waals surface area contributed by atoms with Gasteiger partial charge in [-0.05, 0) is 18.6 Å². The smallest absolute Gasteiger partial charge is 0.325 e. The summed E-state index contributed by atoms with van der Waals surface area (Å²) < 4.78 is 0. The summed E-state index contributed by atoms with van der Waals surface area (Å²) in [5.74, 6) is -2.16. The highest BCUT2D eigenvalue weighted by molar-refractivity contribution is 6.26. The first kappa shape index (κ1) is 14.0. The summed E-state index contributed by atoms with van der Waals surface area (Å²) in [6.07, 6.45) is 7.79. The summed E-state index contributed by atoms with van der Waals surface area (Å²) >= 11 is 0. The molecule has 18 heavy (non-hydrogen) atoms. The SMILES string of the molecule is CCCCC(C(N)=O)(C(=O)O)C1=NNC=CC=C1. The van der Waals surface area contributed by atoms with Gasteiger partial charge in [-0.25, -0.2) is 0 Å². The van der Waals surface area contributed by atoms with Crippen LogP contribution in [0.25, 0.3) is 0 Å². The van der Waals surface area contributed by atoms with E-state index in [1.165, 1.54) is 12.3 Å². The van der Waals surface area contributed by atoms with E-state index < -0.39 is 17.3 Å². The van der Waals surface area contributed by atoms with Gasteiger partial charge in [-0.3, -0.25) is 15.0 Å². The molecule has 0 radical (unpaired) electrons. The molecule has 6 heteroatoms. The molecule has 0 aromatic carbocycles. The van der Waals surface area contributed by atoms with E-state index >= 15 is 0 Å². The minimum Gasteiger partial charge on any atom is -0.480 e. The van der Waals surface area contributed by atoms with Crippen molar-refractivity contribution < 1.29 is 14.7 Å². The first-order valence-corrected chi connectivity index (χ1v) is 5.76. The lowest BCUT2D eigenvalue weighted by Gasteiger charge is -2.25. The molecular formula is C12H17N3O3. The standard InChI is InChI=1S/C12H17N3O3/c1-2-3-7-12(10(13)16,11(17)18)9-6-4-5-8-14-15-9/h4-6,8,14H,2-3,7H2,1H3,(H2,13,16)(H,17,18). The molecule has 1 heterocycles. The second-order valence-electron chi connectivity index (χ2n) is 4.02. The van der Waals surface area contributed by atoms with Gasteiger partial charge < -0.3 is 10.8 Å². The highest BCUT2D eigenvalue weighted by atomic mass is 16.4. The Labute approximate surface area is 105 Å². The molecule has 0 aromatic rings. The average molecular weight is 251 g/mol. The number of nitrogens with two attached hydrogens (primary N) is 1. The number of carbonyl (C=O) groups is 2. The van der Waals surface area contributed by atoms with Gasteiger partial charge in [0.15, 0.2) is 5.41 Å². The van der Waals surface area contributed by atoms with Crippen LogP contribution in [0.1, 0.15) is 26.2 Å². The quantitative estimate of drug-likeness (QED) is 0.606. The fourth-order valence-electron chi connectivity index (χ4n) is 1.77. The molecule has 4 N–H and O–H groups in total. The van der Waals surface area contributed by atoms with Crippen LogP contribution in [0.5, 0.6) is 0 Å². The number of allylic oxidation sites excluding steroid dienone is 3. The van der Waals surface area contributed by atoms with E-state index in [1.54, 1.807) is 12.2 Å². The molecule has 1 aliphatic rings. The maximum atomic E-state index is 11.7. The lowest BCUT2D eigenvalue weighted by Crippen LogP contribution is -2.50. The van der Waals surface area contributed by atoms with Crippen molar-refractivity contribution >= 4 is 17.6 Å². The van der Waals surface area contributed by atoms with Gasteiger partial charge in [-0.1, -0.05) is 25.8 Å². The van der Waals surface area contributed by atoms with Crippen LogP contribution < -0.4 is 11.2 Å². The van der Waals surface area contributed by atoms with Crippen molar-refractivity contribution in [2.45, 2.75) is 26.2 Å². The minimum atomic E-state index is -1.77. The predicted molar refractivity (Wildman–Crippen MR) is 67.6 cm³/mol. The number of hydrogen-bond donors (Lipinski definition) is 3. The van der Waals surface area contributed by atoms with E-state index in [0.29, 0.717) is 6.42 Å². The topological polar surface area (TPSA) is 105 Å². The molecule has 0 spiro atoms. The van der Waals surface area contributed by atoms with Gasteiger partial charge in [0, 0.05) is 6.20 Å². The Morgan fingerprint density at radius 2 is 2.22 bits per heavy atom. The number of carbonyl (C=O) groups excluding carboxylic acids is 1. The minimum absolute atomic E-state index is 0.126. The number of aliphatic carboxylic acids is 1. The number of hydrazone groups is 1. The maximum absolute atomic E-state index is 11.7. The normalized spacial score (nSPS) is 17.3. The van der Waals surface area contributed by atoms with Crippen LogP contribution >= 0.6 is 0 Å². The van der Waals surface area contributed by atoms with Crippen molar-refractivity contribution in [2.24, 2.45) is 16.3 Å². The van der Waals surface area contributed by atoms with E-state index in [1.807, 2.05) is 6.92 Å². The summed E-state index contributed by atoms with van der Waals surface area (Å²) in [6, 6.07) is 0. The van der Waals surface area contributed by atoms with Crippen molar-refractivity contribution in [1.29, 1.82) is 0 Å². The van der Waals surface area contributed by atoms with Crippen molar-refractivity contribution in [3.8, 4) is 0 Å². The van der Waals surface area contributed by atoms with Crippen molar-refractivity contribution in [3.05, 3.63) is 24.4 Å². The lowest BCUT2D eigenvalue weighted by molar-refractivity contribution is -0.150. The predicted octanol–water partition coefficient (Wildman–Crippen LogP) is 0.762. The summed E-state index contributed by atoms with van der Waals surface area (Å²) in [7, 11) is 0. The van der Waals surface area contributed by atoms with Crippen LogP contribution in [0.2, 0.25) is 0 Å². The van der Waals surface area contributed by atoms with Gasteiger partial charge in [-0.2, -0.15) is 5.10 Å². The lowest BCUT2D eigenvalue weighted by atomic mass is 9.77. The molecule has 0 saturated carbocycles. The zero-order valence-electron chi connectivity index (χ0n) is 10.2. The number of unbranched alkanes of at least 4 members (excludes halogenated alkanes) is 1. The summed E-state index contributed by atoms with van der Waals surface area (Å²) in [4.78, 5) is 23.2. The monoisotopic (exact) mass is 251 g/mol. The van der Waals surface area contributed by atoms with Crippen LogP contribution in [0.15, 0.2) is 29.5 Å². The summed E-state index contributed by atoms with van der Waals surface area (Å²) in [6.45, 7) is 1.91. The molecule has 0 bridgehead atoms. The van der Waals surface area contributed by atoms with E-state index in [-0.39, 0.29) is 12.1 Å². The zero-order chi connectivity index (χ0) is 13.6. The largest absolute Gasteiger partial charge is 0.480 e. The Hall–Kier alpha value is -2.11. The highest BCUT2D eigenvalue weighted by Gasteiger charge is 2.48. The van der Waals surface area contributed by atoms with Gasteiger partial charge in [0.05, 0.1) is 5.71 Å². The Balaban J connectivity index is 3.20. The van der Waals surface area contributed by atoms with Gasteiger partial charge in [0.1, 0.15) is 0 Å². The molecular weight excluding hydrogens is 234 g/mol. The number of nitrogens with zero attached hydrogens (tertiary/aromatic N) is 1. The fourth-order valence-corrected chi connectivity index (χ4v) is 1.77. The van der Waals surface area contributed by atoms with Gasteiger partial charge in [0.2, 0.25) is 5.91 Å². The second-order valence-corrected chi connectivity index (χ2v) is 4.02. The summed E-state index contributed by atoms with van der Waals surface area (Å²) in [5.41, 5.74) is 6.23. The Morgan fingerprint density at radius 1 is 1.50 bits per heavy atom. The maximum Gasteiger partial charge on any atom is 0.325 e. The molecule has 0 aromatic heterocycles. The molecule has 1 rings (SSSR count). The third-order valence-electron chi connectivity index (χ3n) is 2.85. The molecule has 1 atom stereocenters. The molecule has 98 valence electrons. The van der Waals surface area contributed by atoms with Crippen LogP contribution in [-0.2, 0) is 9.59 Å². The third kappa shape index (κ3) is 2.58. The Bertz CT molecular complexity index is 410. The number of primary amides is 1. The van der Waals surface area contributed by atoms with Gasteiger partial charge in [0.25, 0.3) is 0 Å². The average Bonchev–Trinajstić information content (AvgIpc) is 2.58. The van der Waals surface area contributed by atoms with E-state index in [0.717, 1.165) is 6.42 Å². The van der Waals surface area contributed by atoms with E-state index in [2.05, 4.69) is 10.5 Å². The second kappa shape index (κ2) is 6.00. The molecule has 1 aliphatic heterocycles. The van der Waals surface area contributed by atoms with Crippen LogP contribution in [0.3, 0.4) is 0 Å². The number of carboxylic acids is 1. The van der Waals surface area contributed by atoms with Gasteiger partial charge >= 0.3 is 5.97 Å². The number of carboxylic acid groups (broad SMARTS) is 1.